The lowest BCUT2D eigenvalue weighted by Crippen LogP contribution is -2.00. The van der Waals surface area contributed by atoms with Gasteiger partial charge in [-0.1, -0.05) is 26.0 Å². The average Bonchev–Trinajstić information content (AvgIpc) is 1.82. The van der Waals surface area contributed by atoms with E-state index in [4.69, 9.17) is 5.41 Å². The molecule has 0 aromatic carbocycles. The van der Waals surface area contributed by atoms with Crippen molar-refractivity contribution in [3.63, 3.8) is 0 Å². The third-order valence-corrected chi connectivity index (χ3v) is 1.34. The Kier molecular flexibility index (Phi) is 4.02. The highest BCUT2D eigenvalue weighted by atomic mass is 14.4. The molecule has 1 N–H and O–H groups in total. The van der Waals surface area contributed by atoms with Crippen LogP contribution in [0.4, 0.5) is 0 Å². The van der Waals surface area contributed by atoms with Crippen molar-refractivity contribution in [2.24, 2.45) is 5.92 Å². The predicted molar refractivity (Wildman–Crippen MR) is 42.0 cm³/mol. The van der Waals surface area contributed by atoms with Crippen LogP contribution < -0.4 is 0 Å². The minimum Gasteiger partial charge on any atom is -0.309 e. The summed E-state index contributed by atoms with van der Waals surface area (Å²) in [5.41, 5.74) is 0.736. The van der Waals surface area contributed by atoms with Gasteiger partial charge in [-0.15, -0.1) is 0 Å². The van der Waals surface area contributed by atoms with E-state index in [-0.39, 0.29) is 0 Å². The largest absolute Gasteiger partial charge is 0.309 e. The molecule has 0 rings (SSSR count). The van der Waals surface area contributed by atoms with E-state index in [9.17, 15) is 0 Å². The summed E-state index contributed by atoms with van der Waals surface area (Å²) in [5, 5.41) is 7.23. The quantitative estimate of drug-likeness (QED) is 0.443. The van der Waals surface area contributed by atoms with E-state index in [1.54, 1.807) is 0 Å². The van der Waals surface area contributed by atoms with E-state index in [0.29, 0.717) is 5.92 Å². The number of rotatable bonds is 3. The lowest BCUT2D eigenvalue weighted by molar-refractivity contribution is 0.966. The zero-order valence-corrected chi connectivity index (χ0v) is 6.44. The van der Waals surface area contributed by atoms with Crippen LogP contribution in [0, 0.1) is 11.3 Å². The van der Waals surface area contributed by atoms with E-state index in [0.717, 1.165) is 12.1 Å². The molecule has 9 heavy (non-hydrogen) atoms. The zero-order chi connectivity index (χ0) is 7.28. The standard InChI is InChI=1S/C8H15N/c1-4-5-6-7(2)8(3)9/h5-7,9H,4H2,1-3H3/b6-5+,9-8?. The van der Waals surface area contributed by atoms with Crippen molar-refractivity contribution >= 4 is 5.71 Å². The highest BCUT2D eigenvalue weighted by Crippen LogP contribution is 1.98. The van der Waals surface area contributed by atoms with Crippen molar-refractivity contribution < 1.29 is 0 Å². The van der Waals surface area contributed by atoms with Crippen LogP contribution in [-0.4, -0.2) is 5.71 Å². The van der Waals surface area contributed by atoms with E-state index < -0.39 is 0 Å². The highest BCUT2D eigenvalue weighted by Gasteiger charge is 1.95. The van der Waals surface area contributed by atoms with Gasteiger partial charge in [-0.25, -0.2) is 0 Å². The van der Waals surface area contributed by atoms with Crippen LogP contribution in [-0.2, 0) is 0 Å². The first-order valence-electron chi connectivity index (χ1n) is 3.40. The van der Waals surface area contributed by atoms with Gasteiger partial charge >= 0.3 is 0 Å². The SMILES string of the molecule is CC/C=C/C(C)C(C)=N. The first-order valence-corrected chi connectivity index (χ1v) is 3.40. The summed E-state index contributed by atoms with van der Waals surface area (Å²) in [6.07, 6.45) is 5.24. The minimum absolute atomic E-state index is 0.324. The summed E-state index contributed by atoms with van der Waals surface area (Å²) >= 11 is 0. The fourth-order valence-corrected chi connectivity index (χ4v) is 0.485. The van der Waals surface area contributed by atoms with Gasteiger partial charge in [-0.05, 0) is 13.3 Å². The minimum atomic E-state index is 0.324. The summed E-state index contributed by atoms with van der Waals surface area (Å²) < 4.78 is 0. The molecule has 0 fully saturated rings. The van der Waals surface area contributed by atoms with Crippen molar-refractivity contribution in [1.82, 2.24) is 0 Å². The Morgan fingerprint density at radius 3 is 2.56 bits per heavy atom. The van der Waals surface area contributed by atoms with Crippen LogP contribution in [0.2, 0.25) is 0 Å². The maximum atomic E-state index is 7.23. The fourth-order valence-electron chi connectivity index (χ4n) is 0.485. The smallest absolute Gasteiger partial charge is 0.0124 e. The van der Waals surface area contributed by atoms with Crippen LogP contribution in [0.5, 0.6) is 0 Å². The molecule has 0 saturated heterocycles. The Balaban J connectivity index is 3.62. The molecule has 0 radical (unpaired) electrons. The summed E-state index contributed by atoms with van der Waals surface area (Å²) in [6, 6.07) is 0. The van der Waals surface area contributed by atoms with Gasteiger partial charge in [0.25, 0.3) is 0 Å². The van der Waals surface area contributed by atoms with Crippen molar-refractivity contribution in [3.05, 3.63) is 12.2 Å². The van der Waals surface area contributed by atoms with Gasteiger partial charge in [0.15, 0.2) is 0 Å². The second-order valence-corrected chi connectivity index (χ2v) is 2.31. The number of nitrogens with one attached hydrogen (secondary N) is 1. The lowest BCUT2D eigenvalue weighted by atomic mass is 10.1. The molecular weight excluding hydrogens is 110 g/mol. The first-order chi connectivity index (χ1) is 4.18. The molecule has 52 valence electrons. The Morgan fingerprint density at radius 1 is 1.67 bits per heavy atom. The molecule has 0 aliphatic rings. The first kappa shape index (κ1) is 8.41. The van der Waals surface area contributed by atoms with Gasteiger partial charge < -0.3 is 5.41 Å². The molecule has 0 heterocycles. The normalized spacial score (nSPS) is 14.1. The Labute approximate surface area is 57.3 Å². The maximum absolute atomic E-state index is 7.23. The Morgan fingerprint density at radius 2 is 2.22 bits per heavy atom. The molecule has 0 saturated carbocycles. The average molecular weight is 125 g/mol. The summed E-state index contributed by atoms with van der Waals surface area (Å²) in [5.74, 6) is 0.324. The molecular formula is C8H15N. The van der Waals surface area contributed by atoms with Gasteiger partial charge in [0.05, 0.1) is 0 Å². The lowest BCUT2D eigenvalue weighted by Gasteiger charge is -2.00. The van der Waals surface area contributed by atoms with Crippen molar-refractivity contribution in [2.75, 3.05) is 0 Å². The van der Waals surface area contributed by atoms with Gasteiger partial charge in [0.2, 0.25) is 0 Å². The molecule has 0 spiro atoms. The monoisotopic (exact) mass is 125 g/mol. The van der Waals surface area contributed by atoms with E-state index in [2.05, 4.69) is 19.1 Å². The van der Waals surface area contributed by atoms with Gasteiger partial charge in [-0.2, -0.15) is 0 Å². The second-order valence-electron chi connectivity index (χ2n) is 2.31. The molecule has 0 aromatic heterocycles. The van der Waals surface area contributed by atoms with Crippen LogP contribution in [0.3, 0.4) is 0 Å². The predicted octanol–water partition coefficient (Wildman–Crippen LogP) is 2.63. The maximum Gasteiger partial charge on any atom is 0.0124 e. The van der Waals surface area contributed by atoms with Crippen LogP contribution in [0.1, 0.15) is 27.2 Å². The molecule has 0 aromatic rings. The van der Waals surface area contributed by atoms with Crippen LogP contribution >= 0.6 is 0 Å². The summed E-state index contributed by atoms with van der Waals surface area (Å²) in [4.78, 5) is 0. The molecule has 0 bridgehead atoms. The van der Waals surface area contributed by atoms with Gasteiger partial charge in [0.1, 0.15) is 0 Å². The van der Waals surface area contributed by atoms with E-state index in [1.807, 2.05) is 13.8 Å². The number of hydrogen-bond acceptors (Lipinski definition) is 1. The van der Waals surface area contributed by atoms with E-state index in [1.165, 1.54) is 0 Å². The van der Waals surface area contributed by atoms with E-state index >= 15 is 0 Å². The second kappa shape index (κ2) is 4.30. The molecule has 0 amide bonds. The summed E-state index contributed by atoms with van der Waals surface area (Å²) in [7, 11) is 0. The fraction of sp³-hybridized carbons (Fsp3) is 0.625. The Hall–Kier alpha value is -0.590. The highest BCUT2D eigenvalue weighted by molar-refractivity contribution is 5.82. The van der Waals surface area contributed by atoms with Crippen molar-refractivity contribution in [2.45, 2.75) is 27.2 Å². The van der Waals surface area contributed by atoms with Gasteiger partial charge in [0, 0.05) is 11.6 Å². The molecule has 1 atom stereocenters. The molecule has 1 nitrogen and oxygen atoms in total. The number of hydrogen-bond donors (Lipinski definition) is 1. The Bertz CT molecular complexity index is 114. The molecule has 0 aliphatic heterocycles. The third kappa shape index (κ3) is 3.95. The topological polar surface area (TPSA) is 23.9 Å². The van der Waals surface area contributed by atoms with Crippen molar-refractivity contribution in [3.8, 4) is 0 Å². The molecule has 1 heteroatoms. The molecule has 1 unspecified atom stereocenters. The third-order valence-electron chi connectivity index (χ3n) is 1.34. The molecule has 0 aliphatic carbocycles. The van der Waals surface area contributed by atoms with Gasteiger partial charge in [-0.3, -0.25) is 0 Å². The van der Waals surface area contributed by atoms with Crippen LogP contribution in [0.15, 0.2) is 12.2 Å². The van der Waals surface area contributed by atoms with Crippen LogP contribution in [0.25, 0.3) is 0 Å². The summed E-state index contributed by atoms with van der Waals surface area (Å²) in [6.45, 7) is 5.97. The van der Waals surface area contributed by atoms with Crippen molar-refractivity contribution in [1.29, 1.82) is 5.41 Å². The number of allylic oxidation sites excluding steroid dienone is 2. The zero-order valence-electron chi connectivity index (χ0n) is 6.44.